The number of anilines is 1. The minimum absolute atomic E-state index is 0.644. The molecule has 1 N–H and O–H groups in total. The first kappa shape index (κ1) is 12.5. The number of hydrogen-bond acceptors (Lipinski definition) is 1. The van der Waals surface area contributed by atoms with Crippen LogP contribution in [-0.2, 0) is 0 Å². The molecule has 1 aromatic rings. The van der Waals surface area contributed by atoms with Gasteiger partial charge in [-0.1, -0.05) is 38.0 Å². The lowest BCUT2D eigenvalue weighted by atomic mass is 9.78. The summed E-state index contributed by atoms with van der Waals surface area (Å²) in [6.07, 6.45) is 4.13. The Labute approximate surface area is 106 Å². The minimum atomic E-state index is 0.644. The topological polar surface area (TPSA) is 12.0 Å². The summed E-state index contributed by atoms with van der Waals surface area (Å²) >= 11 is 0. The molecule has 0 aliphatic heterocycles. The van der Waals surface area contributed by atoms with Gasteiger partial charge in [0, 0.05) is 11.7 Å². The maximum Gasteiger partial charge on any atom is 0.0372 e. The standard InChI is InChI=1S/C16H25N/c1-11-8-9-15(14(4)10-11)17-16-12(2)6-5-7-13(16)3/h8-10,12-13,16-17H,5-7H2,1-4H3. The Kier molecular flexibility index (Phi) is 3.76. The largest absolute Gasteiger partial charge is 0.382 e. The number of nitrogens with one attached hydrogen (secondary N) is 1. The van der Waals surface area contributed by atoms with E-state index in [2.05, 4.69) is 51.2 Å². The predicted molar refractivity (Wildman–Crippen MR) is 75.5 cm³/mol. The van der Waals surface area contributed by atoms with Gasteiger partial charge in [-0.05, 0) is 50.2 Å². The van der Waals surface area contributed by atoms with Gasteiger partial charge >= 0.3 is 0 Å². The summed E-state index contributed by atoms with van der Waals surface area (Å²) in [4.78, 5) is 0. The van der Waals surface area contributed by atoms with Crippen molar-refractivity contribution in [3.63, 3.8) is 0 Å². The Bertz CT molecular complexity index is 373. The zero-order valence-corrected chi connectivity index (χ0v) is 11.6. The predicted octanol–water partition coefficient (Wildman–Crippen LogP) is 4.54. The van der Waals surface area contributed by atoms with Crippen LogP contribution in [0.15, 0.2) is 18.2 Å². The van der Waals surface area contributed by atoms with Gasteiger partial charge in [0.2, 0.25) is 0 Å². The summed E-state index contributed by atoms with van der Waals surface area (Å²) in [5, 5.41) is 3.78. The van der Waals surface area contributed by atoms with E-state index in [1.807, 2.05) is 0 Å². The zero-order valence-electron chi connectivity index (χ0n) is 11.6. The summed E-state index contributed by atoms with van der Waals surface area (Å²) in [6, 6.07) is 7.34. The highest BCUT2D eigenvalue weighted by Gasteiger charge is 2.27. The molecule has 0 amide bonds. The van der Waals surface area contributed by atoms with Gasteiger partial charge in [-0.15, -0.1) is 0 Å². The summed E-state index contributed by atoms with van der Waals surface area (Å²) in [5.41, 5.74) is 4.04. The Morgan fingerprint density at radius 2 is 1.71 bits per heavy atom. The second kappa shape index (κ2) is 5.12. The second-order valence-electron chi connectivity index (χ2n) is 5.87. The number of benzene rings is 1. The number of rotatable bonds is 2. The molecule has 0 saturated heterocycles. The molecule has 1 saturated carbocycles. The maximum atomic E-state index is 3.78. The van der Waals surface area contributed by atoms with Crippen LogP contribution in [0.5, 0.6) is 0 Å². The van der Waals surface area contributed by atoms with E-state index in [0.29, 0.717) is 6.04 Å². The first-order valence-electron chi connectivity index (χ1n) is 6.91. The highest BCUT2D eigenvalue weighted by molar-refractivity contribution is 5.52. The molecule has 2 rings (SSSR count). The van der Waals surface area contributed by atoms with Gasteiger partial charge in [0.05, 0.1) is 0 Å². The summed E-state index contributed by atoms with van der Waals surface area (Å²) in [7, 11) is 0. The average molecular weight is 231 g/mol. The van der Waals surface area contributed by atoms with Crippen LogP contribution < -0.4 is 5.32 Å². The van der Waals surface area contributed by atoms with E-state index in [0.717, 1.165) is 11.8 Å². The molecule has 0 bridgehead atoms. The van der Waals surface area contributed by atoms with Gasteiger partial charge < -0.3 is 5.32 Å². The van der Waals surface area contributed by atoms with E-state index in [1.54, 1.807) is 0 Å². The molecular formula is C16H25N. The lowest BCUT2D eigenvalue weighted by Gasteiger charge is -2.36. The fraction of sp³-hybridized carbons (Fsp3) is 0.625. The van der Waals surface area contributed by atoms with Crippen LogP contribution in [0.4, 0.5) is 5.69 Å². The summed E-state index contributed by atoms with van der Waals surface area (Å²) < 4.78 is 0. The molecule has 0 aromatic heterocycles. The Hall–Kier alpha value is -0.980. The molecule has 2 atom stereocenters. The van der Waals surface area contributed by atoms with Gasteiger partial charge in [-0.25, -0.2) is 0 Å². The highest BCUT2D eigenvalue weighted by atomic mass is 14.9. The molecule has 0 heterocycles. The third-order valence-electron chi connectivity index (χ3n) is 4.25. The molecule has 1 aliphatic carbocycles. The summed E-state index contributed by atoms with van der Waals surface area (Å²) in [6.45, 7) is 9.13. The fourth-order valence-electron chi connectivity index (χ4n) is 3.12. The van der Waals surface area contributed by atoms with E-state index in [9.17, 15) is 0 Å². The molecule has 94 valence electrons. The molecule has 1 nitrogen and oxygen atoms in total. The Balaban J connectivity index is 2.13. The average Bonchev–Trinajstić information content (AvgIpc) is 2.26. The fourth-order valence-corrected chi connectivity index (χ4v) is 3.12. The Morgan fingerprint density at radius 1 is 1.06 bits per heavy atom. The van der Waals surface area contributed by atoms with Crippen LogP contribution in [0, 0.1) is 25.7 Å². The van der Waals surface area contributed by atoms with E-state index in [-0.39, 0.29) is 0 Å². The first-order valence-corrected chi connectivity index (χ1v) is 6.91. The molecule has 0 radical (unpaired) electrons. The van der Waals surface area contributed by atoms with E-state index < -0.39 is 0 Å². The monoisotopic (exact) mass is 231 g/mol. The van der Waals surface area contributed by atoms with Crippen molar-refractivity contribution in [3.8, 4) is 0 Å². The Morgan fingerprint density at radius 3 is 2.29 bits per heavy atom. The van der Waals surface area contributed by atoms with E-state index in [4.69, 9.17) is 0 Å². The first-order chi connectivity index (χ1) is 8.08. The minimum Gasteiger partial charge on any atom is -0.382 e. The summed E-state index contributed by atoms with van der Waals surface area (Å²) in [5.74, 6) is 1.58. The number of aryl methyl sites for hydroxylation is 2. The van der Waals surface area contributed by atoms with Crippen molar-refractivity contribution in [2.45, 2.75) is 53.0 Å². The highest BCUT2D eigenvalue weighted by Crippen LogP contribution is 2.32. The number of hydrogen-bond donors (Lipinski definition) is 1. The molecule has 1 aromatic carbocycles. The van der Waals surface area contributed by atoms with Crippen molar-refractivity contribution in [2.24, 2.45) is 11.8 Å². The molecule has 1 heteroatoms. The van der Waals surface area contributed by atoms with Gasteiger partial charge in [-0.3, -0.25) is 0 Å². The van der Waals surface area contributed by atoms with Gasteiger partial charge in [0.1, 0.15) is 0 Å². The third-order valence-corrected chi connectivity index (χ3v) is 4.25. The quantitative estimate of drug-likeness (QED) is 0.788. The van der Waals surface area contributed by atoms with Gasteiger partial charge in [0.25, 0.3) is 0 Å². The molecule has 0 spiro atoms. The molecule has 17 heavy (non-hydrogen) atoms. The molecule has 1 fully saturated rings. The third kappa shape index (κ3) is 2.83. The van der Waals surface area contributed by atoms with Gasteiger partial charge in [-0.2, -0.15) is 0 Å². The van der Waals surface area contributed by atoms with E-state index in [1.165, 1.54) is 36.1 Å². The maximum absolute atomic E-state index is 3.78. The van der Waals surface area contributed by atoms with Crippen LogP contribution in [0.25, 0.3) is 0 Å². The molecular weight excluding hydrogens is 206 g/mol. The van der Waals surface area contributed by atoms with Crippen molar-refractivity contribution in [1.29, 1.82) is 0 Å². The van der Waals surface area contributed by atoms with Gasteiger partial charge in [0.15, 0.2) is 0 Å². The molecule has 1 aliphatic rings. The van der Waals surface area contributed by atoms with Crippen LogP contribution in [0.3, 0.4) is 0 Å². The lowest BCUT2D eigenvalue weighted by molar-refractivity contribution is 0.268. The van der Waals surface area contributed by atoms with Crippen molar-refractivity contribution < 1.29 is 0 Å². The van der Waals surface area contributed by atoms with Crippen LogP contribution >= 0.6 is 0 Å². The van der Waals surface area contributed by atoms with Crippen molar-refractivity contribution in [3.05, 3.63) is 29.3 Å². The smallest absolute Gasteiger partial charge is 0.0372 e. The van der Waals surface area contributed by atoms with Crippen molar-refractivity contribution in [2.75, 3.05) is 5.32 Å². The van der Waals surface area contributed by atoms with Crippen LogP contribution in [0.1, 0.15) is 44.2 Å². The lowest BCUT2D eigenvalue weighted by Crippen LogP contribution is -2.37. The van der Waals surface area contributed by atoms with Crippen molar-refractivity contribution in [1.82, 2.24) is 0 Å². The molecule has 2 unspecified atom stereocenters. The van der Waals surface area contributed by atoms with Crippen LogP contribution in [-0.4, -0.2) is 6.04 Å². The normalized spacial score (nSPS) is 29.1. The SMILES string of the molecule is Cc1ccc(NC2C(C)CCCC2C)c(C)c1. The van der Waals surface area contributed by atoms with Crippen LogP contribution in [0.2, 0.25) is 0 Å². The van der Waals surface area contributed by atoms with Crippen molar-refractivity contribution >= 4 is 5.69 Å². The zero-order chi connectivity index (χ0) is 12.4. The second-order valence-corrected chi connectivity index (χ2v) is 5.87. The van der Waals surface area contributed by atoms with E-state index >= 15 is 0 Å².